The van der Waals surface area contributed by atoms with Crippen LogP contribution in [0, 0.1) is 0 Å². The smallest absolute Gasteiger partial charge is 1.00 e. The van der Waals surface area contributed by atoms with Gasteiger partial charge in [0.2, 0.25) is 0 Å². The van der Waals surface area contributed by atoms with Crippen LogP contribution in [0.3, 0.4) is 0 Å². The van der Waals surface area contributed by atoms with E-state index in [1.165, 1.54) is 0 Å². The summed E-state index contributed by atoms with van der Waals surface area (Å²) >= 11 is 0. The zero-order valence-electron chi connectivity index (χ0n) is 3.39. The molecule has 0 fully saturated rings. The molecule has 0 heterocycles. The van der Waals surface area contributed by atoms with E-state index in [0.29, 0.717) is 0 Å². The second-order valence-corrected chi connectivity index (χ2v) is 0. The van der Waals surface area contributed by atoms with Gasteiger partial charge in [-0.3, -0.25) is 0 Å². The molecule has 0 atom stereocenters. The maximum absolute atomic E-state index is 0. The largest absolute Gasteiger partial charge is 2.00 e. The molecule has 48 valence electrons. The molecule has 0 rings (SSSR count). The van der Waals surface area contributed by atoms with E-state index >= 15 is 0 Å². The molecule has 0 aliphatic rings. The molecule has 0 bridgehead atoms. The number of hydrogen-bond donors (Lipinski definition) is 1. The van der Waals surface area contributed by atoms with Crippen LogP contribution in [0.15, 0.2) is 0 Å². The summed E-state index contributed by atoms with van der Waals surface area (Å²) in [6.45, 7) is 0. The van der Waals surface area contributed by atoms with E-state index in [1.54, 1.807) is 0 Å². The van der Waals surface area contributed by atoms with Crippen LogP contribution < -0.4 is 31.0 Å². The van der Waals surface area contributed by atoms with Crippen molar-refractivity contribution in [1.29, 1.82) is 0 Å². The Hall–Kier alpha value is 2.67. The Morgan fingerprint density at radius 1 is 0.571 bits per heavy atom. The normalized spacial score (nSPS) is 0. The second-order valence-electron chi connectivity index (χ2n) is 0. The first-order valence-corrected chi connectivity index (χ1v) is 0. The van der Waals surface area contributed by atoms with Gasteiger partial charge in [-0.1, -0.05) is 0 Å². The molecular formula is H6CaCl5N. The van der Waals surface area contributed by atoms with Crippen molar-refractivity contribution < 1.29 is 24.8 Å². The minimum absolute atomic E-state index is 0. The third-order valence-corrected chi connectivity index (χ3v) is 0. The van der Waals surface area contributed by atoms with Gasteiger partial charge in [-0.2, -0.15) is 0 Å². The summed E-state index contributed by atoms with van der Waals surface area (Å²) in [5.74, 6) is 0. The molecule has 0 unspecified atom stereocenters. The first kappa shape index (κ1) is 102. The minimum Gasteiger partial charge on any atom is -1.00 e. The van der Waals surface area contributed by atoms with Crippen molar-refractivity contribution in [3.05, 3.63) is 0 Å². The molecule has 0 amide bonds. The Bertz CT molecular complexity index is 8.04. The Morgan fingerprint density at radius 3 is 0.571 bits per heavy atom. The average molecular weight is 237 g/mol. The van der Waals surface area contributed by atoms with Gasteiger partial charge in [0.15, 0.2) is 0 Å². The van der Waals surface area contributed by atoms with Crippen LogP contribution in [0.4, 0.5) is 0 Å². The fourth-order valence-electron chi connectivity index (χ4n) is 0. The van der Waals surface area contributed by atoms with Gasteiger partial charge in [-0.15, -0.1) is 37.2 Å². The van der Waals surface area contributed by atoms with Gasteiger partial charge in [0.05, 0.1) is 0 Å². The quantitative estimate of drug-likeness (QED) is 0.421. The minimum atomic E-state index is 0. The zero-order chi connectivity index (χ0) is 0. The molecule has 1 nitrogen and oxygen atoms in total. The molecular weight excluding hydrogens is 231 g/mol. The third kappa shape index (κ3) is 54.1. The maximum atomic E-state index is 0. The summed E-state index contributed by atoms with van der Waals surface area (Å²) in [6, 6.07) is 0. The summed E-state index contributed by atoms with van der Waals surface area (Å²) in [4.78, 5) is 0. The Labute approximate surface area is 104 Å². The predicted molar refractivity (Wildman–Crippen MR) is 32.5 cm³/mol. The van der Waals surface area contributed by atoms with Gasteiger partial charge >= 0.3 is 37.7 Å². The fraction of sp³-hybridized carbons (Fsp3) is 0. The molecule has 7 heavy (non-hydrogen) atoms. The molecule has 0 aliphatic heterocycles. The topological polar surface area (TPSA) is 35.0 Å². The summed E-state index contributed by atoms with van der Waals surface area (Å²) in [6.07, 6.45) is 0. The van der Waals surface area contributed by atoms with Crippen LogP contribution in [0.25, 0.3) is 0 Å². The van der Waals surface area contributed by atoms with Crippen LogP contribution in [-0.4, -0.2) is 37.7 Å². The van der Waals surface area contributed by atoms with Crippen LogP contribution in [0.2, 0.25) is 0 Å². The molecule has 0 aromatic rings. The monoisotopic (exact) mass is 235 g/mol. The predicted octanol–water partition coefficient (Wildman–Crippen LogP) is -4.95. The number of rotatable bonds is 0. The van der Waals surface area contributed by atoms with Crippen molar-refractivity contribution in [1.82, 2.24) is 6.15 Å². The van der Waals surface area contributed by atoms with E-state index < -0.39 is 0 Å². The molecule has 0 aromatic carbocycles. The van der Waals surface area contributed by atoms with Gasteiger partial charge in [0, 0.05) is 0 Å². The summed E-state index contributed by atoms with van der Waals surface area (Å²) in [5, 5.41) is 0. The van der Waals surface area contributed by atoms with Gasteiger partial charge in [-0.05, 0) is 0 Å². The van der Waals surface area contributed by atoms with E-state index in [-0.39, 0.29) is 106 Å². The van der Waals surface area contributed by atoms with Crippen molar-refractivity contribution in [2.45, 2.75) is 0 Å². The summed E-state index contributed by atoms with van der Waals surface area (Å²) in [7, 11) is 0. The molecule has 0 radical (unpaired) electrons. The zero-order valence-corrected chi connectivity index (χ0v) is 9.56. The van der Waals surface area contributed by atoms with Crippen molar-refractivity contribution >= 4 is 75.0 Å². The van der Waals surface area contributed by atoms with Crippen LogP contribution in [-0.2, 0) is 0 Å². The van der Waals surface area contributed by atoms with Gasteiger partial charge < -0.3 is 31.0 Å². The number of hydrogen-bond acceptors (Lipinski definition) is 1. The third-order valence-electron chi connectivity index (χ3n) is 0. The molecule has 0 aromatic heterocycles. The van der Waals surface area contributed by atoms with Crippen LogP contribution in [0.5, 0.6) is 0 Å². The van der Waals surface area contributed by atoms with E-state index in [0.717, 1.165) is 0 Å². The molecule has 7 heteroatoms. The molecule has 0 saturated heterocycles. The molecule has 0 spiro atoms. The van der Waals surface area contributed by atoms with Crippen molar-refractivity contribution in [2.24, 2.45) is 0 Å². The summed E-state index contributed by atoms with van der Waals surface area (Å²) < 4.78 is 0. The Kier molecular flexibility index (Phi) is 1040. The van der Waals surface area contributed by atoms with Crippen molar-refractivity contribution in [3.8, 4) is 0 Å². The summed E-state index contributed by atoms with van der Waals surface area (Å²) in [5.41, 5.74) is 0. The first-order valence-electron chi connectivity index (χ1n) is 0. The standard InChI is InChI=1S/Ca.5ClH.H3N/h;5*1H;1H3/q+2;;;;;;/p-2. The van der Waals surface area contributed by atoms with E-state index in [9.17, 15) is 0 Å². The first-order chi connectivity index (χ1) is 0. The van der Waals surface area contributed by atoms with E-state index in [2.05, 4.69) is 0 Å². The van der Waals surface area contributed by atoms with Gasteiger partial charge in [0.25, 0.3) is 0 Å². The Balaban J connectivity index is 0. The molecule has 0 aliphatic carbocycles. The van der Waals surface area contributed by atoms with Crippen molar-refractivity contribution in [2.75, 3.05) is 0 Å². The van der Waals surface area contributed by atoms with Gasteiger partial charge in [-0.25, -0.2) is 0 Å². The van der Waals surface area contributed by atoms with E-state index in [1.807, 2.05) is 0 Å². The Morgan fingerprint density at radius 2 is 0.571 bits per heavy atom. The van der Waals surface area contributed by atoms with Crippen LogP contribution >= 0.6 is 37.2 Å². The maximum Gasteiger partial charge on any atom is 2.00 e. The van der Waals surface area contributed by atoms with E-state index in [4.69, 9.17) is 0 Å². The molecule has 0 saturated carbocycles. The SMILES string of the molecule is Cl.Cl.Cl.N.[Ca+2].[Cl-].[Cl-]. The van der Waals surface area contributed by atoms with Gasteiger partial charge in [0.1, 0.15) is 0 Å². The number of halogens is 5. The average Bonchev–Trinajstić information content (AvgIpc) is 0. The van der Waals surface area contributed by atoms with Crippen molar-refractivity contribution in [3.63, 3.8) is 0 Å². The molecule has 3 N–H and O–H groups in total. The fourth-order valence-corrected chi connectivity index (χ4v) is 0. The van der Waals surface area contributed by atoms with Crippen LogP contribution in [0.1, 0.15) is 0 Å². The second kappa shape index (κ2) is 71.6.